The van der Waals surface area contributed by atoms with E-state index in [1.165, 1.54) is 0 Å². The number of halogens is 3. The van der Waals surface area contributed by atoms with Crippen molar-refractivity contribution in [2.45, 2.75) is 53.5 Å². The molecule has 0 saturated heterocycles. The van der Waals surface area contributed by atoms with Crippen LogP contribution in [0.15, 0.2) is 42.6 Å². The number of fused-ring (bicyclic) bond motifs is 4. The Bertz CT molecular complexity index is 2420. The number of aromatic nitrogens is 4. The van der Waals surface area contributed by atoms with Crippen LogP contribution in [-0.4, -0.2) is 49.0 Å². The summed E-state index contributed by atoms with van der Waals surface area (Å²) in [6.07, 6.45) is 2.75. The lowest BCUT2D eigenvalue weighted by molar-refractivity contribution is 0.0698. The molecule has 1 aliphatic heterocycles. The molecule has 1 N–H and O–H groups in total. The molecule has 1 aliphatic rings. The van der Waals surface area contributed by atoms with E-state index in [1.807, 2.05) is 63.7 Å². The molecule has 1 amide bonds. The first-order valence-corrected chi connectivity index (χ1v) is 17.9. The van der Waals surface area contributed by atoms with Crippen molar-refractivity contribution in [3.8, 4) is 16.9 Å². The largest absolute Gasteiger partial charge is 0.494 e. The van der Waals surface area contributed by atoms with Crippen molar-refractivity contribution in [2.75, 3.05) is 18.1 Å². The molecule has 12 heteroatoms. The number of carbonyl (C=O) groups excluding carboxylic acids is 1. The van der Waals surface area contributed by atoms with Gasteiger partial charge in [-0.05, 0) is 94.5 Å². The van der Waals surface area contributed by atoms with Gasteiger partial charge in [-0.2, -0.15) is 5.10 Å². The highest BCUT2D eigenvalue weighted by Crippen LogP contribution is 2.46. The lowest BCUT2D eigenvalue weighted by atomic mass is 9.98. The summed E-state index contributed by atoms with van der Waals surface area (Å²) in [6, 6.07) is 11.0. The molecule has 6 aromatic rings. The van der Waals surface area contributed by atoms with Gasteiger partial charge in [0.1, 0.15) is 11.4 Å². The maximum absolute atomic E-state index is 15.0. The van der Waals surface area contributed by atoms with Crippen LogP contribution in [0.3, 0.4) is 0 Å². The first-order chi connectivity index (χ1) is 24.2. The molecule has 3 aromatic heterocycles. The summed E-state index contributed by atoms with van der Waals surface area (Å²) in [4.78, 5) is 28.9. The van der Waals surface area contributed by atoms with E-state index in [1.54, 1.807) is 34.8 Å². The van der Waals surface area contributed by atoms with E-state index in [-0.39, 0.29) is 17.5 Å². The number of ether oxygens (including phenoxy) is 1. The predicted molar refractivity (Wildman–Crippen MR) is 205 cm³/mol. The highest BCUT2D eigenvalue weighted by molar-refractivity contribution is 6.35. The summed E-state index contributed by atoms with van der Waals surface area (Å²) < 4.78 is 11.9. The molecule has 0 saturated carbocycles. The maximum Gasteiger partial charge on any atom is 0.337 e. The molecule has 264 valence electrons. The van der Waals surface area contributed by atoms with E-state index in [9.17, 15) is 9.90 Å². The molecule has 51 heavy (non-hydrogen) atoms. The number of benzene rings is 3. The van der Waals surface area contributed by atoms with Gasteiger partial charge in [0, 0.05) is 70.5 Å². The van der Waals surface area contributed by atoms with E-state index >= 15 is 4.79 Å². The fourth-order valence-electron chi connectivity index (χ4n) is 7.80. The Morgan fingerprint density at radius 3 is 2.33 bits per heavy atom. The number of nitrogens with zero attached hydrogens (tertiary/aromatic N) is 5. The Balaban J connectivity index is 1.40. The van der Waals surface area contributed by atoms with E-state index < -0.39 is 5.97 Å². The second kappa shape index (κ2) is 13.0. The molecular weight excluding hydrogens is 709 g/mol. The van der Waals surface area contributed by atoms with Crippen LogP contribution in [0.4, 0.5) is 5.69 Å². The molecule has 7 rings (SSSR count). The van der Waals surface area contributed by atoms with Gasteiger partial charge in [-0.15, -0.1) is 0 Å². The number of carbonyl (C=O) groups is 2. The summed E-state index contributed by atoms with van der Waals surface area (Å²) >= 11 is 20.1. The van der Waals surface area contributed by atoms with Gasteiger partial charge in [0.15, 0.2) is 0 Å². The third-order valence-corrected chi connectivity index (χ3v) is 11.2. The number of rotatable bonds is 8. The molecule has 0 aliphatic carbocycles. The minimum atomic E-state index is -1.06. The average Bonchev–Trinajstić information content (AvgIpc) is 3.67. The fourth-order valence-corrected chi connectivity index (χ4v) is 8.37. The topological polar surface area (TPSA) is 94.5 Å². The minimum absolute atomic E-state index is 0.121. The molecule has 9 nitrogen and oxygen atoms in total. The van der Waals surface area contributed by atoms with Crippen LogP contribution >= 0.6 is 34.8 Å². The Morgan fingerprint density at radius 2 is 1.69 bits per heavy atom. The van der Waals surface area contributed by atoms with Crippen LogP contribution in [0.5, 0.6) is 5.75 Å². The van der Waals surface area contributed by atoms with Crippen LogP contribution in [0.1, 0.15) is 68.3 Å². The van der Waals surface area contributed by atoms with Crippen molar-refractivity contribution in [1.82, 2.24) is 18.9 Å². The Morgan fingerprint density at radius 1 is 0.980 bits per heavy atom. The van der Waals surface area contributed by atoms with Crippen molar-refractivity contribution < 1.29 is 19.4 Å². The standard InChI is InChI=1S/C39H38Cl3N5O4/c1-19-13-25(14-20(2)34(19)42)51-12-8-9-26-27-10-11-30(41)33(32-22(4)43-45(7)23(32)5)36(27)47-21(3)17-46(38(48)37(26)47)31-16-24(40)15-28-29(39(49)50)18-44(6)35(28)31/h10-11,13-16,18,21H,8-9,12,17H2,1-7H3,(H,49,50). The molecule has 4 heterocycles. The number of aryl methyl sites for hydroxylation is 6. The summed E-state index contributed by atoms with van der Waals surface area (Å²) in [6.45, 7) is 10.8. The van der Waals surface area contributed by atoms with Gasteiger partial charge in [-0.1, -0.05) is 40.9 Å². The van der Waals surface area contributed by atoms with Crippen LogP contribution < -0.4 is 9.64 Å². The molecule has 0 fully saturated rings. The lowest BCUT2D eigenvalue weighted by Gasteiger charge is -2.35. The first-order valence-electron chi connectivity index (χ1n) is 16.8. The Kier molecular flexibility index (Phi) is 8.89. The minimum Gasteiger partial charge on any atom is -0.494 e. The van der Waals surface area contributed by atoms with Crippen LogP contribution in [-0.2, 0) is 20.5 Å². The van der Waals surface area contributed by atoms with Gasteiger partial charge in [0.05, 0.1) is 39.6 Å². The summed E-state index contributed by atoms with van der Waals surface area (Å²) in [5, 5.41) is 17.7. The SMILES string of the molecule is Cc1cc(OCCCc2c3n(c4c(-c5c(C)nn(C)c5C)c(Cl)ccc24)C(C)CN(c2cc(Cl)cc4c(C(=O)O)cn(C)c24)C3=O)cc(C)c1Cl. The zero-order valence-electron chi connectivity index (χ0n) is 29.5. The number of aromatic carboxylic acids is 1. The van der Waals surface area contributed by atoms with Gasteiger partial charge < -0.3 is 23.9 Å². The number of carboxylic acid groups (broad SMARTS) is 1. The zero-order chi connectivity index (χ0) is 36.6. The predicted octanol–water partition coefficient (Wildman–Crippen LogP) is 9.66. The van der Waals surface area contributed by atoms with Crippen molar-refractivity contribution in [3.05, 3.63) is 97.0 Å². The van der Waals surface area contributed by atoms with E-state index in [4.69, 9.17) is 44.6 Å². The molecule has 1 unspecified atom stereocenters. The molecule has 3 aromatic carbocycles. The number of hydrogen-bond donors (Lipinski definition) is 1. The summed E-state index contributed by atoms with van der Waals surface area (Å²) in [5.74, 6) is -0.516. The fraction of sp³-hybridized carbons (Fsp3) is 0.308. The lowest BCUT2D eigenvalue weighted by Crippen LogP contribution is -2.43. The Labute approximate surface area is 310 Å². The second-order valence-electron chi connectivity index (χ2n) is 13.6. The molecule has 0 bridgehead atoms. The van der Waals surface area contributed by atoms with Gasteiger partial charge in [0.2, 0.25) is 0 Å². The number of hydrogen-bond acceptors (Lipinski definition) is 4. The van der Waals surface area contributed by atoms with Crippen molar-refractivity contribution in [3.63, 3.8) is 0 Å². The molecule has 0 radical (unpaired) electrons. The van der Waals surface area contributed by atoms with Crippen LogP contribution in [0, 0.1) is 27.7 Å². The molecule has 0 spiro atoms. The highest BCUT2D eigenvalue weighted by atomic mass is 35.5. The quantitative estimate of drug-likeness (QED) is 0.157. The maximum atomic E-state index is 15.0. The van der Waals surface area contributed by atoms with E-state index in [2.05, 4.69) is 11.5 Å². The van der Waals surface area contributed by atoms with Crippen LogP contribution in [0.25, 0.3) is 32.9 Å². The van der Waals surface area contributed by atoms with Crippen molar-refractivity contribution in [2.24, 2.45) is 14.1 Å². The summed E-state index contributed by atoms with van der Waals surface area (Å²) in [7, 11) is 3.70. The first kappa shape index (κ1) is 35.0. The van der Waals surface area contributed by atoms with Gasteiger partial charge in [0.25, 0.3) is 5.91 Å². The zero-order valence-corrected chi connectivity index (χ0v) is 31.8. The summed E-state index contributed by atoms with van der Waals surface area (Å²) in [5.41, 5.74) is 9.16. The normalized spacial score (nSPS) is 14.6. The highest BCUT2D eigenvalue weighted by Gasteiger charge is 2.38. The second-order valence-corrected chi connectivity index (χ2v) is 14.8. The number of amides is 1. The smallest absolute Gasteiger partial charge is 0.337 e. The van der Waals surface area contributed by atoms with Crippen LogP contribution in [0.2, 0.25) is 15.1 Å². The van der Waals surface area contributed by atoms with Gasteiger partial charge in [-0.25, -0.2) is 4.79 Å². The van der Waals surface area contributed by atoms with Crippen molar-refractivity contribution >= 4 is 74.2 Å². The third-order valence-electron chi connectivity index (χ3n) is 10.1. The molecule has 1 atom stereocenters. The monoisotopic (exact) mass is 745 g/mol. The van der Waals surface area contributed by atoms with Gasteiger partial charge in [-0.3, -0.25) is 9.48 Å². The van der Waals surface area contributed by atoms with E-state index in [0.29, 0.717) is 58.3 Å². The number of carboxylic acids is 1. The third kappa shape index (κ3) is 5.66. The van der Waals surface area contributed by atoms with E-state index in [0.717, 1.165) is 60.9 Å². The molecular formula is C39H38Cl3N5O4. The Hall–Kier alpha value is -4.44. The number of anilines is 1. The van der Waals surface area contributed by atoms with Gasteiger partial charge >= 0.3 is 5.97 Å². The van der Waals surface area contributed by atoms with Crippen molar-refractivity contribution in [1.29, 1.82) is 0 Å². The average molecular weight is 747 g/mol.